The Morgan fingerprint density at radius 1 is 0.947 bits per heavy atom. The molecular weight excluding hydrogens is 236 g/mol. The molecule has 2 atom stereocenters. The highest BCUT2D eigenvalue weighted by atomic mass is 16.6. The van der Waals surface area contributed by atoms with Crippen molar-refractivity contribution in [2.45, 2.75) is 82.7 Å². The maximum atomic E-state index is 11.7. The lowest BCUT2D eigenvalue weighted by molar-refractivity contribution is -0.157. The number of ether oxygens (including phenoxy) is 1. The van der Waals surface area contributed by atoms with E-state index >= 15 is 0 Å². The molecule has 2 rings (SSSR count). The first-order valence-electron chi connectivity index (χ1n) is 8.09. The number of hydrogen-bond acceptors (Lipinski definition) is 2. The Morgan fingerprint density at radius 2 is 1.58 bits per heavy atom. The van der Waals surface area contributed by atoms with Gasteiger partial charge in [-0.1, -0.05) is 45.1 Å². The van der Waals surface area contributed by atoms with Gasteiger partial charge in [0.05, 0.1) is 0 Å². The van der Waals surface area contributed by atoms with E-state index in [1.54, 1.807) is 0 Å². The fraction of sp³-hybridized carbons (Fsp3) is 0.824. The second-order valence-electron chi connectivity index (χ2n) is 6.41. The second kappa shape index (κ2) is 7.12. The van der Waals surface area contributed by atoms with Crippen LogP contribution in [-0.4, -0.2) is 11.6 Å². The largest absolute Gasteiger partial charge is 0.456 e. The number of fused-ring (bicyclic) bond motifs is 3. The molecule has 2 unspecified atom stereocenters. The molecule has 0 radical (unpaired) electrons. The fourth-order valence-corrected chi connectivity index (χ4v) is 3.80. The Labute approximate surface area is 117 Å². The van der Waals surface area contributed by atoms with E-state index in [0.717, 1.165) is 25.2 Å². The molecule has 2 fully saturated rings. The van der Waals surface area contributed by atoms with E-state index in [-0.39, 0.29) is 11.6 Å². The minimum atomic E-state index is -0.228. The highest BCUT2D eigenvalue weighted by Gasteiger charge is 2.35. The van der Waals surface area contributed by atoms with Crippen molar-refractivity contribution in [1.29, 1.82) is 0 Å². The molecule has 0 aliphatic heterocycles. The third-order valence-electron chi connectivity index (χ3n) is 4.98. The van der Waals surface area contributed by atoms with Crippen molar-refractivity contribution in [1.82, 2.24) is 0 Å². The number of carbonyl (C=O) groups is 1. The number of rotatable bonds is 2. The van der Waals surface area contributed by atoms with E-state index in [9.17, 15) is 4.79 Å². The van der Waals surface area contributed by atoms with Crippen molar-refractivity contribution >= 4 is 5.97 Å². The SMILES string of the molecule is C=CC(=O)OC12CCCCCCC(CCCC1)CC2. The zero-order valence-electron chi connectivity index (χ0n) is 12.2. The Kier molecular flexibility index (Phi) is 5.47. The highest BCUT2D eigenvalue weighted by molar-refractivity contribution is 5.81. The molecule has 0 aromatic heterocycles. The van der Waals surface area contributed by atoms with Gasteiger partial charge in [-0.25, -0.2) is 4.79 Å². The third kappa shape index (κ3) is 4.36. The minimum absolute atomic E-state index is 0.179. The van der Waals surface area contributed by atoms with Gasteiger partial charge >= 0.3 is 5.97 Å². The van der Waals surface area contributed by atoms with Crippen LogP contribution in [0.25, 0.3) is 0 Å². The van der Waals surface area contributed by atoms with E-state index in [0.29, 0.717) is 0 Å². The molecule has 2 saturated carbocycles. The van der Waals surface area contributed by atoms with Crippen molar-refractivity contribution < 1.29 is 9.53 Å². The van der Waals surface area contributed by atoms with Crippen molar-refractivity contribution in [3.05, 3.63) is 12.7 Å². The maximum Gasteiger partial charge on any atom is 0.330 e. The zero-order chi connectivity index (χ0) is 13.6. The summed E-state index contributed by atoms with van der Waals surface area (Å²) in [7, 11) is 0. The second-order valence-corrected chi connectivity index (χ2v) is 6.41. The van der Waals surface area contributed by atoms with Gasteiger partial charge in [0.2, 0.25) is 0 Å². The monoisotopic (exact) mass is 264 g/mol. The van der Waals surface area contributed by atoms with Gasteiger partial charge in [0.15, 0.2) is 0 Å². The summed E-state index contributed by atoms with van der Waals surface area (Å²) in [5.41, 5.74) is -0.179. The van der Waals surface area contributed by atoms with E-state index in [1.807, 2.05) is 0 Å². The average Bonchev–Trinajstić information content (AvgIpc) is 2.40. The number of hydrogen-bond donors (Lipinski definition) is 0. The van der Waals surface area contributed by atoms with Crippen LogP contribution in [0.5, 0.6) is 0 Å². The van der Waals surface area contributed by atoms with E-state index in [4.69, 9.17) is 4.74 Å². The van der Waals surface area contributed by atoms with Crippen LogP contribution in [0.4, 0.5) is 0 Å². The summed E-state index contributed by atoms with van der Waals surface area (Å²) in [6.45, 7) is 3.55. The van der Waals surface area contributed by atoms with Crippen LogP contribution in [0, 0.1) is 5.92 Å². The van der Waals surface area contributed by atoms with Gasteiger partial charge < -0.3 is 4.74 Å². The van der Waals surface area contributed by atoms with E-state index in [1.165, 1.54) is 63.9 Å². The topological polar surface area (TPSA) is 26.3 Å². The van der Waals surface area contributed by atoms with Crippen LogP contribution >= 0.6 is 0 Å². The molecular formula is C17H28O2. The first-order valence-corrected chi connectivity index (χ1v) is 8.09. The smallest absolute Gasteiger partial charge is 0.330 e. The summed E-state index contributed by atoms with van der Waals surface area (Å²) in [5, 5.41) is 0. The van der Waals surface area contributed by atoms with Crippen LogP contribution in [0.15, 0.2) is 12.7 Å². The summed E-state index contributed by atoms with van der Waals surface area (Å²) < 4.78 is 5.83. The van der Waals surface area contributed by atoms with Crippen LogP contribution in [0.1, 0.15) is 77.0 Å². The average molecular weight is 264 g/mol. The fourth-order valence-electron chi connectivity index (χ4n) is 3.80. The van der Waals surface area contributed by atoms with Crippen LogP contribution in [-0.2, 0) is 9.53 Å². The Balaban J connectivity index is 2.09. The molecule has 2 bridgehead atoms. The molecule has 0 aromatic carbocycles. The lowest BCUT2D eigenvalue weighted by Crippen LogP contribution is -2.36. The third-order valence-corrected chi connectivity index (χ3v) is 4.98. The molecule has 0 aromatic rings. The maximum absolute atomic E-state index is 11.7. The van der Waals surface area contributed by atoms with Gasteiger partial charge in [0, 0.05) is 6.08 Å². The van der Waals surface area contributed by atoms with Crippen molar-refractivity contribution in [3.8, 4) is 0 Å². The summed E-state index contributed by atoms with van der Waals surface area (Å²) in [6.07, 6.45) is 16.3. The van der Waals surface area contributed by atoms with Gasteiger partial charge in [-0.3, -0.25) is 0 Å². The van der Waals surface area contributed by atoms with Crippen LogP contribution in [0.2, 0.25) is 0 Å². The Bertz CT molecular complexity index is 310. The molecule has 108 valence electrons. The van der Waals surface area contributed by atoms with Gasteiger partial charge in [-0.2, -0.15) is 0 Å². The minimum Gasteiger partial charge on any atom is -0.456 e. The summed E-state index contributed by atoms with van der Waals surface area (Å²) >= 11 is 0. The molecule has 2 heteroatoms. The molecule has 2 aliphatic rings. The molecule has 0 spiro atoms. The normalized spacial score (nSPS) is 32.9. The van der Waals surface area contributed by atoms with Crippen molar-refractivity contribution in [3.63, 3.8) is 0 Å². The molecule has 0 heterocycles. The predicted molar refractivity (Wildman–Crippen MR) is 77.9 cm³/mol. The molecule has 19 heavy (non-hydrogen) atoms. The summed E-state index contributed by atoms with van der Waals surface area (Å²) in [4.78, 5) is 11.7. The first kappa shape index (κ1) is 14.6. The molecule has 0 amide bonds. The van der Waals surface area contributed by atoms with Gasteiger partial charge in [-0.05, 0) is 44.4 Å². The van der Waals surface area contributed by atoms with E-state index in [2.05, 4.69) is 6.58 Å². The zero-order valence-corrected chi connectivity index (χ0v) is 12.2. The van der Waals surface area contributed by atoms with Gasteiger partial charge in [0.1, 0.15) is 5.60 Å². The predicted octanol–water partition coefficient (Wildman–Crippen LogP) is 4.78. The quantitative estimate of drug-likeness (QED) is 0.530. The van der Waals surface area contributed by atoms with Crippen LogP contribution < -0.4 is 0 Å². The molecule has 2 aliphatic carbocycles. The van der Waals surface area contributed by atoms with E-state index < -0.39 is 0 Å². The summed E-state index contributed by atoms with van der Waals surface area (Å²) in [5.74, 6) is 0.634. The summed E-state index contributed by atoms with van der Waals surface area (Å²) in [6, 6.07) is 0. The van der Waals surface area contributed by atoms with Crippen LogP contribution in [0.3, 0.4) is 0 Å². The molecule has 0 saturated heterocycles. The Hall–Kier alpha value is -0.790. The molecule has 2 nitrogen and oxygen atoms in total. The van der Waals surface area contributed by atoms with Crippen molar-refractivity contribution in [2.75, 3.05) is 0 Å². The molecule has 0 N–H and O–H groups in total. The lowest BCUT2D eigenvalue weighted by Gasteiger charge is -2.37. The number of carbonyl (C=O) groups excluding carboxylic acids is 1. The Morgan fingerprint density at radius 3 is 2.32 bits per heavy atom. The first-order chi connectivity index (χ1) is 9.24. The van der Waals surface area contributed by atoms with Gasteiger partial charge in [-0.15, -0.1) is 0 Å². The van der Waals surface area contributed by atoms with Gasteiger partial charge in [0.25, 0.3) is 0 Å². The number of esters is 1. The highest BCUT2D eigenvalue weighted by Crippen LogP contribution is 2.38. The van der Waals surface area contributed by atoms with Crippen molar-refractivity contribution in [2.24, 2.45) is 5.92 Å². The lowest BCUT2D eigenvalue weighted by atomic mass is 9.77. The standard InChI is InChI=1S/C17H28O2/c1-2-16(18)19-17-12-7-4-3-5-9-15(11-14-17)10-6-8-13-17/h2,15H,1,3-14H2.